The van der Waals surface area contributed by atoms with Gasteiger partial charge in [0.25, 0.3) is 0 Å². The summed E-state index contributed by atoms with van der Waals surface area (Å²) in [6.07, 6.45) is 4.88. The van der Waals surface area contributed by atoms with E-state index in [1.807, 2.05) is 30.3 Å². The second-order valence-electron chi connectivity index (χ2n) is 7.20. The van der Waals surface area contributed by atoms with Gasteiger partial charge >= 0.3 is 12.0 Å². The van der Waals surface area contributed by atoms with Gasteiger partial charge in [0, 0.05) is 24.8 Å². The molecule has 1 aromatic rings. The third kappa shape index (κ3) is 7.21. The maximum atomic E-state index is 12.5. The summed E-state index contributed by atoms with van der Waals surface area (Å²) >= 11 is 0. The molecular formula is C19H28N2O5S. The van der Waals surface area contributed by atoms with Crippen LogP contribution in [0.5, 0.6) is 0 Å². The summed E-state index contributed by atoms with van der Waals surface area (Å²) in [6, 6.07) is 8.33. The maximum Gasteiger partial charge on any atom is 0.315 e. The van der Waals surface area contributed by atoms with Crippen LogP contribution in [0.15, 0.2) is 30.3 Å². The number of nitrogens with one attached hydrogen (secondary N) is 2. The molecule has 0 bridgehead atoms. The number of rotatable bonds is 8. The van der Waals surface area contributed by atoms with Crippen LogP contribution in [0, 0.1) is 0 Å². The summed E-state index contributed by atoms with van der Waals surface area (Å²) < 4.78 is 24.0. The number of benzene rings is 1. The fourth-order valence-corrected chi connectivity index (χ4v) is 4.99. The highest BCUT2D eigenvalue weighted by atomic mass is 32.2. The Hall–Kier alpha value is -2.09. The van der Waals surface area contributed by atoms with E-state index in [2.05, 4.69) is 10.6 Å². The van der Waals surface area contributed by atoms with Crippen LogP contribution >= 0.6 is 0 Å². The van der Waals surface area contributed by atoms with E-state index >= 15 is 0 Å². The lowest BCUT2D eigenvalue weighted by atomic mass is 9.95. The van der Waals surface area contributed by atoms with E-state index in [0.717, 1.165) is 18.4 Å². The number of hydrogen-bond acceptors (Lipinski definition) is 4. The first-order chi connectivity index (χ1) is 12.8. The van der Waals surface area contributed by atoms with Crippen LogP contribution in [-0.2, 0) is 21.1 Å². The fraction of sp³-hybridized carbons (Fsp3) is 0.579. The third-order valence-corrected chi connectivity index (χ3v) is 6.60. The van der Waals surface area contributed by atoms with Crippen molar-refractivity contribution < 1.29 is 23.1 Å². The number of sulfone groups is 1. The van der Waals surface area contributed by atoms with Crippen LogP contribution in [0.25, 0.3) is 0 Å². The van der Waals surface area contributed by atoms with E-state index < -0.39 is 33.1 Å². The van der Waals surface area contributed by atoms with E-state index in [0.29, 0.717) is 25.7 Å². The lowest BCUT2D eigenvalue weighted by molar-refractivity contribution is -0.137. The highest BCUT2D eigenvalue weighted by Crippen LogP contribution is 2.24. The molecule has 0 radical (unpaired) electrons. The summed E-state index contributed by atoms with van der Waals surface area (Å²) in [7, 11) is -3.24. The summed E-state index contributed by atoms with van der Waals surface area (Å²) in [5.74, 6) is -0.917. The normalized spacial score (nSPS) is 21.2. The van der Waals surface area contributed by atoms with E-state index in [1.54, 1.807) is 0 Å². The average Bonchev–Trinajstić information content (AvgIpc) is 2.60. The van der Waals surface area contributed by atoms with Gasteiger partial charge < -0.3 is 15.7 Å². The molecule has 8 heteroatoms. The first kappa shape index (κ1) is 21.2. The van der Waals surface area contributed by atoms with Gasteiger partial charge in [0.1, 0.15) is 0 Å². The van der Waals surface area contributed by atoms with E-state index in [4.69, 9.17) is 5.11 Å². The molecule has 2 rings (SSSR count). The largest absolute Gasteiger partial charge is 0.481 e. The first-order valence-corrected chi connectivity index (χ1v) is 11.2. The molecule has 1 aromatic carbocycles. The van der Waals surface area contributed by atoms with Crippen LogP contribution < -0.4 is 10.6 Å². The second kappa shape index (κ2) is 9.73. The van der Waals surface area contributed by atoms with Crippen molar-refractivity contribution in [1.82, 2.24) is 10.6 Å². The zero-order chi connectivity index (χ0) is 19.9. The van der Waals surface area contributed by atoms with Crippen LogP contribution in [0.1, 0.15) is 44.1 Å². The molecule has 1 saturated carbocycles. The number of hydrogen-bond donors (Lipinski definition) is 3. The van der Waals surface area contributed by atoms with Gasteiger partial charge in [0.05, 0.1) is 5.25 Å². The molecule has 1 fully saturated rings. The van der Waals surface area contributed by atoms with Crippen LogP contribution in [0.4, 0.5) is 4.79 Å². The van der Waals surface area contributed by atoms with Gasteiger partial charge in [-0.1, -0.05) is 43.2 Å². The minimum absolute atomic E-state index is 0.0484. The number of carboxylic acid groups (broad SMARTS) is 1. The predicted molar refractivity (Wildman–Crippen MR) is 103 cm³/mol. The van der Waals surface area contributed by atoms with Gasteiger partial charge in [-0.3, -0.25) is 4.79 Å². The quantitative estimate of drug-likeness (QED) is 0.623. The summed E-state index contributed by atoms with van der Waals surface area (Å²) in [6.45, 7) is 0. The second-order valence-corrected chi connectivity index (χ2v) is 9.46. The fourth-order valence-electron chi connectivity index (χ4n) is 3.59. The number of amides is 2. The zero-order valence-electron chi connectivity index (χ0n) is 15.6. The average molecular weight is 397 g/mol. The third-order valence-electron chi connectivity index (χ3n) is 4.94. The number of carbonyl (C=O) groups excluding carboxylic acids is 1. The number of carbonyl (C=O) groups is 2. The molecule has 2 amide bonds. The van der Waals surface area contributed by atoms with Crippen molar-refractivity contribution in [3.05, 3.63) is 35.9 Å². The maximum absolute atomic E-state index is 12.5. The minimum atomic E-state index is -3.24. The smallest absolute Gasteiger partial charge is 0.315 e. The molecule has 3 N–H and O–H groups in total. The molecule has 0 spiro atoms. The van der Waals surface area contributed by atoms with E-state index in [1.165, 1.54) is 6.26 Å². The van der Waals surface area contributed by atoms with Crippen molar-refractivity contribution in [3.8, 4) is 0 Å². The zero-order valence-corrected chi connectivity index (χ0v) is 16.4. The number of carboxylic acids is 1. The Labute approximate surface area is 160 Å². The lowest BCUT2D eigenvalue weighted by Gasteiger charge is -2.31. The Balaban J connectivity index is 1.99. The monoisotopic (exact) mass is 396 g/mol. The Morgan fingerprint density at radius 2 is 1.85 bits per heavy atom. The van der Waals surface area contributed by atoms with Gasteiger partial charge in [0.2, 0.25) is 0 Å². The molecule has 3 atom stereocenters. The molecule has 0 aromatic heterocycles. The predicted octanol–water partition coefficient (Wildman–Crippen LogP) is 2.12. The minimum Gasteiger partial charge on any atom is -0.481 e. The van der Waals surface area contributed by atoms with Crippen molar-refractivity contribution in [1.29, 1.82) is 0 Å². The van der Waals surface area contributed by atoms with Gasteiger partial charge in [-0.2, -0.15) is 0 Å². The van der Waals surface area contributed by atoms with Crippen molar-refractivity contribution >= 4 is 21.8 Å². The summed E-state index contributed by atoms with van der Waals surface area (Å²) in [5, 5.41) is 14.0. The van der Waals surface area contributed by atoms with Crippen molar-refractivity contribution in [2.45, 2.75) is 62.3 Å². The van der Waals surface area contributed by atoms with E-state index in [-0.39, 0.29) is 12.5 Å². The molecule has 150 valence electrons. The molecule has 27 heavy (non-hydrogen) atoms. The SMILES string of the molecule is CS(=O)(=O)[C@@H]1CCCC[C@H]1NC(=O)NC(CCC(=O)O)Cc1ccccc1. The molecule has 7 nitrogen and oxygen atoms in total. The van der Waals surface area contributed by atoms with E-state index in [9.17, 15) is 18.0 Å². The standard InChI is InChI=1S/C19H28N2O5S/c1-27(25,26)17-10-6-5-9-16(17)21-19(24)20-15(11-12-18(22)23)13-14-7-3-2-4-8-14/h2-4,7-8,15-17H,5-6,9-13H2,1H3,(H,22,23)(H2,20,21,24)/t15?,16-,17-/m1/s1. The van der Waals surface area contributed by atoms with Gasteiger partial charge in [-0.25, -0.2) is 13.2 Å². The molecule has 0 heterocycles. The molecule has 1 unspecified atom stereocenters. The molecular weight excluding hydrogens is 368 g/mol. The Bertz CT molecular complexity index is 736. The van der Waals surface area contributed by atoms with Gasteiger partial charge in [0.15, 0.2) is 9.84 Å². The topological polar surface area (TPSA) is 113 Å². The van der Waals surface area contributed by atoms with Crippen molar-refractivity contribution in [2.75, 3.05) is 6.26 Å². The van der Waals surface area contributed by atoms with Crippen molar-refractivity contribution in [3.63, 3.8) is 0 Å². The Morgan fingerprint density at radius 1 is 1.19 bits per heavy atom. The van der Waals surface area contributed by atoms with Gasteiger partial charge in [-0.15, -0.1) is 0 Å². The Kier molecular flexibility index (Phi) is 7.65. The number of urea groups is 1. The molecule has 0 aliphatic heterocycles. The van der Waals surface area contributed by atoms with Crippen molar-refractivity contribution in [2.24, 2.45) is 0 Å². The summed E-state index contributed by atoms with van der Waals surface area (Å²) in [4.78, 5) is 23.4. The Morgan fingerprint density at radius 3 is 2.48 bits per heavy atom. The molecule has 0 saturated heterocycles. The van der Waals surface area contributed by atoms with Crippen LogP contribution in [0.2, 0.25) is 0 Å². The number of aliphatic carboxylic acids is 1. The molecule has 1 aliphatic carbocycles. The lowest BCUT2D eigenvalue weighted by Crippen LogP contribution is -2.53. The van der Waals surface area contributed by atoms with Crippen LogP contribution in [0.3, 0.4) is 0 Å². The van der Waals surface area contributed by atoms with Crippen LogP contribution in [-0.4, -0.2) is 49.1 Å². The summed E-state index contributed by atoms with van der Waals surface area (Å²) in [5.41, 5.74) is 1.000. The highest BCUT2D eigenvalue weighted by Gasteiger charge is 2.33. The highest BCUT2D eigenvalue weighted by molar-refractivity contribution is 7.91. The molecule has 1 aliphatic rings. The van der Waals surface area contributed by atoms with Gasteiger partial charge in [-0.05, 0) is 31.2 Å². The first-order valence-electron chi connectivity index (χ1n) is 9.27.